The molecule has 0 fully saturated rings. The van der Waals surface area contributed by atoms with E-state index in [1.54, 1.807) is 32.5 Å². The number of halogens is 4. The van der Waals surface area contributed by atoms with E-state index in [9.17, 15) is 0 Å². The molecule has 6 aliphatic heterocycles. The third-order valence-corrected chi connectivity index (χ3v) is 24.8. The largest absolute Gasteiger partial charge is 0.458 e. The molecule has 15 aromatic carbocycles. The molecule has 528 valence electrons. The van der Waals surface area contributed by atoms with Crippen LogP contribution in [-0.4, -0.2) is 20.1 Å². The number of benzene rings is 15. The van der Waals surface area contributed by atoms with Crippen LogP contribution < -0.4 is 91.2 Å². The minimum absolute atomic E-state index is 0.285. The average molecular weight is 1490 g/mol. The van der Waals surface area contributed by atoms with Gasteiger partial charge in [-0.05, 0) is 166 Å². The van der Waals surface area contributed by atoms with Crippen molar-refractivity contribution in [1.29, 1.82) is 0 Å². The predicted octanol–water partition coefficient (Wildman–Crippen LogP) is 20.6. The fourth-order valence-corrected chi connectivity index (χ4v) is 20.4. The van der Waals surface area contributed by atoms with Gasteiger partial charge in [-0.3, -0.25) is 0 Å². The summed E-state index contributed by atoms with van der Waals surface area (Å²) in [7, 11) is 0. The first kappa shape index (κ1) is 64.3. The monoisotopic (exact) mass is 1490 g/mol. The fourth-order valence-electron chi connectivity index (χ4n) is 17.8. The fraction of sp³-hybridized carbons (Fsp3) is 0. The molecule has 23 rings (SSSR count). The minimum Gasteiger partial charge on any atom is -0.458 e. The molecule has 0 saturated carbocycles. The number of para-hydroxylation sites is 8. The summed E-state index contributed by atoms with van der Waals surface area (Å²) in [5.74, 6) is 1.09. The number of hydrogen-bond donors (Lipinski definition) is 0. The van der Waals surface area contributed by atoms with Gasteiger partial charge in [-0.2, -0.15) is 0 Å². The van der Waals surface area contributed by atoms with Crippen molar-refractivity contribution in [2.45, 2.75) is 0 Å². The maximum absolute atomic E-state index is 17.8. The van der Waals surface area contributed by atoms with E-state index in [1.807, 2.05) is 218 Å². The van der Waals surface area contributed by atoms with E-state index >= 15 is 17.6 Å². The van der Waals surface area contributed by atoms with Crippen LogP contribution in [0.5, 0.6) is 46.0 Å². The van der Waals surface area contributed by atoms with Crippen LogP contribution in [0.3, 0.4) is 0 Å². The lowest BCUT2D eigenvalue weighted by Crippen LogP contribution is -2.64. The van der Waals surface area contributed by atoms with Crippen molar-refractivity contribution in [2.75, 3.05) is 24.5 Å². The number of nitrogens with zero attached hydrogens (tertiary/aromatic N) is 5. The lowest BCUT2D eigenvalue weighted by atomic mass is 9.31. The number of thiophene rings is 2. The van der Waals surface area contributed by atoms with Gasteiger partial charge in [0.2, 0.25) is 0 Å². The summed E-state index contributed by atoms with van der Waals surface area (Å²) in [5.41, 5.74) is 13.7. The van der Waals surface area contributed by atoms with Crippen LogP contribution in [0.2, 0.25) is 0 Å². The predicted molar refractivity (Wildman–Crippen MR) is 450 cm³/mol. The van der Waals surface area contributed by atoms with Gasteiger partial charge >= 0.3 is 0 Å². The van der Waals surface area contributed by atoms with Crippen molar-refractivity contribution >= 4 is 196 Å². The topological polar surface area (TPSA) is 53.1 Å². The molecule has 9 nitrogen and oxygen atoms in total. The molecule has 112 heavy (non-hydrogen) atoms. The van der Waals surface area contributed by atoms with E-state index in [0.29, 0.717) is 85.8 Å². The second-order valence-electron chi connectivity index (χ2n) is 28.6. The van der Waals surface area contributed by atoms with Crippen LogP contribution in [-0.2, 0) is 0 Å². The summed E-state index contributed by atoms with van der Waals surface area (Å²) >= 11 is 3.26. The minimum atomic E-state index is -0.779. The smallest absolute Gasteiger partial charge is 0.268 e. The lowest BCUT2D eigenvalue weighted by Gasteiger charge is -2.43. The van der Waals surface area contributed by atoms with Gasteiger partial charge in [0, 0.05) is 128 Å². The van der Waals surface area contributed by atoms with Crippen LogP contribution in [0.4, 0.5) is 103 Å². The third kappa shape index (κ3) is 9.71. The molecule has 8 heterocycles. The van der Waals surface area contributed by atoms with Crippen molar-refractivity contribution < 1.29 is 36.5 Å². The normalized spacial score (nSPS) is 13.2. The summed E-state index contributed by atoms with van der Waals surface area (Å²) in [4.78, 5) is 9.86. The molecule has 0 N–H and O–H groups in total. The molecule has 2 aromatic heterocycles. The van der Waals surface area contributed by atoms with Crippen LogP contribution >= 0.6 is 22.7 Å². The summed E-state index contributed by atoms with van der Waals surface area (Å²) in [6.07, 6.45) is 0. The number of ether oxygens (including phenoxy) is 4. The van der Waals surface area contributed by atoms with Crippen molar-refractivity contribution in [3.63, 3.8) is 0 Å². The van der Waals surface area contributed by atoms with Gasteiger partial charge in [0.05, 0.1) is 17.1 Å². The second kappa shape index (κ2) is 24.9. The first-order chi connectivity index (χ1) is 55.2. The summed E-state index contributed by atoms with van der Waals surface area (Å²) in [5, 5.41) is 1.85. The number of rotatable bonds is 11. The summed E-state index contributed by atoms with van der Waals surface area (Å²) < 4.78 is 105. The van der Waals surface area contributed by atoms with E-state index in [2.05, 4.69) is 87.5 Å². The van der Waals surface area contributed by atoms with Gasteiger partial charge in [0.1, 0.15) is 80.6 Å². The molecule has 0 bridgehead atoms. The molecule has 0 unspecified atom stereocenters. The molecular weight excluding hydrogens is 1440 g/mol. The molecule has 18 heteroatoms. The Labute approximate surface area is 649 Å². The Morgan fingerprint density at radius 2 is 0.554 bits per heavy atom. The van der Waals surface area contributed by atoms with Crippen molar-refractivity contribution in [1.82, 2.24) is 0 Å². The Hall–Kier alpha value is -13.7. The van der Waals surface area contributed by atoms with Gasteiger partial charge < -0.3 is 43.4 Å². The number of fused-ring (bicyclic) bond motifs is 16. The number of anilines is 15. The highest BCUT2D eigenvalue weighted by Crippen LogP contribution is 2.54. The van der Waals surface area contributed by atoms with Crippen molar-refractivity contribution in [2.24, 2.45) is 0 Å². The molecule has 0 amide bonds. The quantitative estimate of drug-likeness (QED) is 0.0931. The van der Waals surface area contributed by atoms with E-state index in [4.69, 9.17) is 18.9 Å². The second-order valence-corrected chi connectivity index (χ2v) is 30.8. The summed E-state index contributed by atoms with van der Waals surface area (Å²) in [6, 6.07) is 105. The highest BCUT2D eigenvalue weighted by atomic mass is 32.1. The molecule has 0 aliphatic carbocycles. The zero-order valence-electron chi connectivity index (χ0n) is 59.1. The molecule has 0 saturated heterocycles. The van der Waals surface area contributed by atoms with Gasteiger partial charge in [0.25, 0.3) is 20.1 Å². The lowest BCUT2D eigenvalue weighted by molar-refractivity contribution is 0.465. The third-order valence-electron chi connectivity index (χ3n) is 22.4. The zero-order chi connectivity index (χ0) is 74.1. The van der Waals surface area contributed by atoms with Gasteiger partial charge in [-0.15, -0.1) is 22.7 Å². The molecule has 0 spiro atoms. The van der Waals surface area contributed by atoms with E-state index in [0.717, 1.165) is 102 Å². The van der Waals surface area contributed by atoms with Gasteiger partial charge in [0.15, 0.2) is 0 Å². The Morgan fingerprint density at radius 1 is 0.250 bits per heavy atom. The van der Waals surface area contributed by atoms with Crippen LogP contribution in [0.25, 0.3) is 20.2 Å². The van der Waals surface area contributed by atoms with E-state index in [-0.39, 0.29) is 11.4 Å². The van der Waals surface area contributed by atoms with Gasteiger partial charge in [-0.25, -0.2) is 17.6 Å². The molecule has 17 aromatic rings. The number of hydrogen-bond acceptors (Lipinski definition) is 11. The van der Waals surface area contributed by atoms with Gasteiger partial charge in [-0.1, -0.05) is 158 Å². The summed E-state index contributed by atoms with van der Waals surface area (Å²) in [6.45, 7) is -1.86. The van der Waals surface area contributed by atoms with Crippen LogP contribution in [0, 0.1) is 23.3 Å². The van der Waals surface area contributed by atoms with Crippen molar-refractivity contribution in [3.05, 3.63) is 351 Å². The van der Waals surface area contributed by atoms with E-state index in [1.165, 1.54) is 36.4 Å². The molecule has 6 aliphatic rings. The first-order valence-electron chi connectivity index (χ1n) is 37.0. The highest BCUT2D eigenvalue weighted by Gasteiger charge is 2.52. The highest BCUT2D eigenvalue weighted by molar-refractivity contribution is 7.34. The Bertz CT molecular complexity index is 6270. The van der Waals surface area contributed by atoms with Crippen LogP contribution in [0.1, 0.15) is 0 Å². The standard InChI is InChI=1S/C94H54B3F4N5O4S2/c98-70-39-23-40-71(99)89(70)105-74-53-78-68(51-66(74)96-86-76(105)45-61(102(55-25-7-1-8-26-55)56-27-9-2-10-28-56)47-80(86)109-91-64-37-19-21-43-84(64)111-93(91)96)95-69-52-67-75(54-79(69)108-83-50-63(49-82(107-78)88(83)95)104(59-33-15-5-16-34-59)60-35-17-6-18-36-60)106(90-72(100)41-24-42-73(90)101)77-46-62(103(57-29-11-3-12-30-57)58-31-13-4-14-32-58)48-81-87(77)97(67)94-92(110-81)65-38-20-22-44-85(65)112-94/h1-54H. The van der Waals surface area contributed by atoms with Crippen molar-refractivity contribution in [3.8, 4) is 46.0 Å². The van der Waals surface area contributed by atoms with Crippen LogP contribution in [0.15, 0.2) is 328 Å². The Kier molecular flexibility index (Phi) is 14.3. The average Bonchev–Trinajstić information content (AvgIpc) is 1.12. The molecular formula is C94H54B3F4N5O4S2. The molecule has 0 radical (unpaired) electrons. The van der Waals surface area contributed by atoms with E-state index < -0.39 is 43.4 Å². The Morgan fingerprint density at radius 3 is 0.893 bits per heavy atom. The zero-order valence-corrected chi connectivity index (χ0v) is 60.7. The SMILES string of the molecule is Fc1cccc(F)c1N1c2cc3c(cc2B2c4sc5ccccc5c4Oc4cc(N(c5ccccc5)c5ccccc5)cc1c42)B1c2cc4c(cc2Oc2cc(N(c5ccccc5)c5ccccc5)cc(c21)O3)N(c1c(F)cccc1F)c1cc(N(c2ccccc2)c2ccccc2)cc2c1B4c1sc3ccccc3c1O2. The Balaban J connectivity index is 0.812. The molecule has 0 atom stereocenters. The maximum atomic E-state index is 17.8. The first-order valence-corrected chi connectivity index (χ1v) is 38.7. The maximum Gasteiger partial charge on any atom is 0.268 e.